The van der Waals surface area contributed by atoms with Crippen LogP contribution in [-0.2, 0) is 25.7 Å². The number of nitrogens with one attached hydrogen (secondary N) is 4. The summed E-state index contributed by atoms with van der Waals surface area (Å²) < 4.78 is 6.52. The summed E-state index contributed by atoms with van der Waals surface area (Å²) in [5.74, 6) is -1.28. The zero-order valence-electron chi connectivity index (χ0n) is 27.9. The Morgan fingerprint density at radius 2 is 1.69 bits per heavy atom. The molecular weight excluding hydrogens is 618 g/mol. The van der Waals surface area contributed by atoms with Gasteiger partial charge in [0.1, 0.15) is 24.5 Å². The summed E-state index contributed by atoms with van der Waals surface area (Å²) in [6.07, 6.45) is 2.01. The van der Waals surface area contributed by atoms with Gasteiger partial charge in [0.25, 0.3) is 5.91 Å². The molecule has 15 nitrogen and oxygen atoms in total. The minimum atomic E-state index is -1.00. The van der Waals surface area contributed by atoms with Gasteiger partial charge in [-0.1, -0.05) is 44.2 Å². The molecule has 15 heteroatoms. The molecule has 4 N–H and O–H groups in total. The lowest BCUT2D eigenvalue weighted by Gasteiger charge is -2.25. The molecule has 1 aliphatic rings. The third-order valence-corrected chi connectivity index (χ3v) is 7.62. The second kappa shape index (κ2) is 16.5. The van der Waals surface area contributed by atoms with Crippen LogP contribution in [0.4, 0.5) is 0 Å². The monoisotopic (exact) mass is 661 g/mol. The SMILES string of the molecule is COc1ccc(C(=O)N2CCCNC(=O)Cn3nc(-c4ccccc4)nc3[C@H](C)NC(=O)[C@@H](CC(C)C)NC(=O)[C@@H](C)NC(=O)C2)cn1. The summed E-state index contributed by atoms with van der Waals surface area (Å²) in [4.78, 5) is 76.5. The van der Waals surface area contributed by atoms with Crippen LogP contribution in [0.5, 0.6) is 5.88 Å². The first-order chi connectivity index (χ1) is 22.9. The Morgan fingerprint density at radius 3 is 2.35 bits per heavy atom. The molecule has 0 radical (unpaired) electrons. The van der Waals surface area contributed by atoms with Gasteiger partial charge < -0.3 is 30.9 Å². The van der Waals surface area contributed by atoms with Gasteiger partial charge in [-0.3, -0.25) is 24.0 Å². The van der Waals surface area contributed by atoms with Crippen molar-refractivity contribution in [3.05, 3.63) is 60.0 Å². The highest BCUT2D eigenvalue weighted by Crippen LogP contribution is 2.19. The van der Waals surface area contributed by atoms with Crippen molar-refractivity contribution in [2.45, 2.75) is 65.2 Å². The molecule has 3 atom stereocenters. The lowest BCUT2D eigenvalue weighted by molar-refractivity contribution is -0.132. The molecule has 0 bridgehead atoms. The van der Waals surface area contributed by atoms with Crippen molar-refractivity contribution in [1.29, 1.82) is 0 Å². The van der Waals surface area contributed by atoms with Gasteiger partial charge in [-0.25, -0.2) is 14.6 Å². The van der Waals surface area contributed by atoms with Crippen LogP contribution in [-0.4, -0.2) is 93.0 Å². The van der Waals surface area contributed by atoms with Crippen LogP contribution < -0.4 is 26.0 Å². The highest BCUT2D eigenvalue weighted by molar-refractivity contribution is 5.97. The zero-order valence-corrected chi connectivity index (χ0v) is 27.9. The number of methoxy groups -OCH3 is 1. The van der Waals surface area contributed by atoms with E-state index in [0.29, 0.717) is 30.4 Å². The Kier molecular flexibility index (Phi) is 12.2. The molecule has 0 fully saturated rings. The van der Waals surface area contributed by atoms with E-state index in [1.807, 2.05) is 44.2 Å². The molecule has 0 unspecified atom stereocenters. The first kappa shape index (κ1) is 35.5. The van der Waals surface area contributed by atoms with Crippen LogP contribution >= 0.6 is 0 Å². The highest BCUT2D eigenvalue weighted by Gasteiger charge is 2.29. The number of pyridine rings is 1. The molecule has 0 saturated heterocycles. The van der Waals surface area contributed by atoms with Crippen LogP contribution in [0.3, 0.4) is 0 Å². The smallest absolute Gasteiger partial charge is 0.255 e. The molecule has 0 saturated carbocycles. The molecule has 0 spiro atoms. The summed E-state index contributed by atoms with van der Waals surface area (Å²) in [6.45, 7) is 6.87. The molecule has 48 heavy (non-hydrogen) atoms. The number of benzene rings is 1. The number of hydrogen-bond donors (Lipinski definition) is 4. The van der Waals surface area contributed by atoms with E-state index in [9.17, 15) is 24.0 Å². The average Bonchev–Trinajstić information content (AvgIpc) is 3.49. The van der Waals surface area contributed by atoms with Gasteiger partial charge >= 0.3 is 0 Å². The lowest BCUT2D eigenvalue weighted by Crippen LogP contribution is -2.54. The number of aromatic nitrogens is 4. The van der Waals surface area contributed by atoms with Crippen LogP contribution in [0.15, 0.2) is 48.7 Å². The maximum absolute atomic E-state index is 13.6. The molecule has 2 aromatic heterocycles. The second-order valence-corrected chi connectivity index (χ2v) is 12.0. The molecule has 0 aliphatic carbocycles. The fourth-order valence-electron chi connectivity index (χ4n) is 5.16. The van der Waals surface area contributed by atoms with Gasteiger partial charge in [0.2, 0.25) is 29.5 Å². The third-order valence-electron chi connectivity index (χ3n) is 7.62. The Labute approximate surface area is 279 Å². The number of fused-ring (bicyclic) bond motifs is 1. The van der Waals surface area contributed by atoms with Gasteiger partial charge in [0.15, 0.2) is 5.82 Å². The van der Waals surface area contributed by atoms with E-state index in [0.717, 1.165) is 5.56 Å². The van der Waals surface area contributed by atoms with Crippen molar-refractivity contribution < 1.29 is 28.7 Å². The molecule has 1 aliphatic heterocycles. The maximum Gasteiger partial charge on any atom is 0.255 e. The van der Waals surface area contributed by atoms with Gasteiger partial charge in [-0.05, 0) is 38.7 Å². The average molecular weight is 662 g/mol. The molecule has 5 amide bonds. The summed E-state index contributed by atoms with van der Waals surface area (Å²) in [7, 11) is 1.46. The van der Waals surface area contributed by atoms with Crippen molar-refractivity contribution in [3.8, 4) is 17.3 Å². The van der Waals surface area contributed by atoms with Gasteiger partial charge in [-0.15, -0.1) is 0 Å². The Bertz CT molecular complexity index is 1590. The predicted octanol–water partition coefficient (Wildman–Crippen LogP) is 1.22. The molecule has 3 aromatic rings. The minimum absolute atomic E-state index is 0.0481. The number of hydrogen-bond acceptors (Lipinski definition) is 9. The number of carbonyl (C=O) groups excluding carboxylic acids is 5. The van der Waals surface area contributed by atoms with Crippen LogP contribution in [0.2, 0.25) is 0 Å². The Balaban J connectivity index is 1.63. The normalized spacial score (nSPS) is 20.3. The number of carbonyl (C=O) groups is 5. The number of ether oxygens (including phenoxy) is 1. The van der Waals surface area contributed by atoms with E-state index in [1.54, 1.807) is 13.0 Å². The first-order valence-corrected chi connectivity index (χ1v) is 15.9. The van der Waals surface area contributed by atoms with Crippen molar-refractivity contribution in [2.75, 3.05) is 26.7 Å². The van der Waals surface area contributed by atoms with Gasteiger partial charge in [0, 0.05) is 30.9 Å². The highest BCUT2D eigenvalue weighted by atomic mass is 16.5. The Hall–Kier alpha value is -5.34. The Morgan fingerprint density at radius 1 is 0.938 bits per heavy atom. The van der Waals surface area contributed by atoms with Gasteiger partial charge in [-0.2, -0.15) is 5.10 Å². The van der Waals surface area contributed by atoms with E-state index in [4.69, 9.17) is 4.74 Å². The minimum Gasteiger partial charge on any atom is -0.481 e. The topological polar surface area (TPSA) is 190 Å². The standard InChI is InChI=1S/C33H43N9O6/c1-20(2)16-25-32(46)37-21(3)30-39-29(23-10-7-6-8-11-23)40-42(30)19-26(43)34-14-9-15-41(18-27(44)36-22(4)31(45)38-25)33(47)24-12-13-28(48-5)35-17-24/h6-8,10-13,17,20-22,25H,9,14-16,18-19H2,1-5H3,(H,34,43)(H,36,44)(H,37,46)(H,38,45)/t21-,22+,25+/m0/s1. The molecular formula is C33H43N9O6. The summed E-state index contributed by atoms with van der Waals surface area (Å²) in [6, 6.07) is 9.75. The summed E-state index contributed by atoms with van der Waals surface area (Å²) >= 11 is 0. The lowest BCUT2D eigenvalue weighted by atomic mass is 10.0. The molecule has 1 aromatic carbocycles. The van der Waals surface area contributed by atoms with Crippen LogP contribution in [0.25, 0.3) is 11.4 Å². The fourth-order valence-corrected chi connectivity index (χ4v) is 5.16. The van der Waals surface area contributed by atoms with E-state index in [2.05, 4.69) is 36.3 Å². The number of amides is 5. The zero-order chi connectivity index (χ0) is 34.8. The summed E-state index contributed by atoms with van der Waals surface area (Å²) in [5, 5.41) is 15.7. The van der Waals surface area contributed by atoms with Crippen LogP contribution in [0, 0.1) is 5.92 Å². The quantitative estimate of drug-likeness (QED) is 0.312. The van der Waals surface area contributed by atoms with E-state index < -0.39 is 41.8 Å². The fraction of sp³-hybridized carbons (Fsp3) is 0.455. The van der Waals surface area contributed by atoms with Crippen molar-refractivity contribution >= 4 is 29.5 Å². The number of rotatable bonds is 5. The summed E-state index contributed by atoms with van der Waals surface area (Å²) in [5.41, 5.74) is 0.977. The van der Waals surface area contributed by atoms with E-state index in [1.165, 1.54) is 35.9 Å². The van der Waals surface area contributed by atoms with E-state index >= 15 is 0 Å². The van der Waals surface area contributed by atoms with Crippen molar-refractivity contribution in [2.24, 2.45) is 5.92 Å². The predicted molar refractivity (Wildman–Crippen MR) is 175 cm³/mol. The van der Waals surface area contributed by atoms with Crippen molar-refractivity contribution in [1.82, 2.24) is 45.9 Å². The third kappa shape index (κ3) is 9.59. The first-order valence-electron chi connectivity index (χ1n) is 15.9. The molecule has 256 valence electrons. The molecule has 4 rings (SSSR count). The largest absolute Gasteiger partial charge is 0.481 e. The van der Waals surface area contributed by atoms with Crippen LogP contribution in [0.1, 0.15) is 62.8 Å². The van der Waals surface area contributed by atoms with Crippen molar-refractivity contribution in [3.63, 3.8) is 0 Å². The number of nitrogens with zero attached hydrogens (tertiary/aromatic N) is 5. The molecule has 3 heterocycles. The van der Waals surface area contributed by atoms with Gasteiger partial charge in [0.05, 0.1) is 25.3 Å². The second-order valence-electron chi connectivity index (χ2n) is 12.0. The van der Waals surface area contributed by atoms with E-state index in [-0.39, 0.29) is 43.6 Å². The maximum atomic E-state index is 13.6.